The van der Waals surface area contributed by atoms with Gasteiger partial charge in [-0.05, 0) is 70.6 Å². The molecule has 1 aliphatic carbocycles. The zero-order valence-electron chi connectivity index (χ0n) is 21.5. The van der Waals surface area contributed by atoms with Crippen molar-refractivity contribution in [1.82, 2.24) is 4.57 Å². The Morgan fingerprint density at radius 3 is 2.11 bits per heavy atom. The number of aryl methyl sites for hydroxylation is 1. The summed E-state index contributed by atoms with van der Waals surface area (Å²) in [5.74, 6) is 0. The lowest BCUT2D eigenvalue weighted by Gasteiger charge is -2.22. The van der Waals surface area contributed by atoms with Crippen LogP contribution in [-0.4, -0.2) is 4.57 Å². The molecule has 0 atom stereocenters. The summed E-state index contributed by atoms with van der Waals surface area (Å²) in [6.45, 7) is 6.82. The van der Waals surface area contributed by atoms with E-state index in [-0.39, 0.29) is 5.41 Å². The van der Waals surface area contributed by atoms with Crippen molar-refractivity contribution in [2.24, 2.45) is 0 Å². The summed E-state index contributed by atoms with van der Waals surface area (Å²) < 4.78 is 2.43. The number of hydrogen-bond donors (Lipinski definition) is 0. The van der Waals surface area contributed by atoms with Gasteiger partial charge in [0.2, 0.25) is 0 Å². The summed E-state index contributed by atoms with van der Waals surface area (Å²) in [5.41, 5.74) is 12.9. The quantitative estimate of drug-likeness (QED) is 0.225. The van der Waals surface area contributed by atoms with Gasteiger partial charge in [-0.15, -0.1) is 0 Å². The molecule has 0 bridgehead atoms. The van der Waals surface area contributed by atoms with Gasteiger partial charge in [0, 0.05) is 21.9 Å². The zero-order chi connectivity index (χ0) is 25.1. The number of rotatable bonds is 3. The van der Waals surface area contributed by atoms with E-state index in [1.54, 1.807) is 0 Å². The van der Waals surface area contributed by atoms with Crippen LogP contribution in [0.25, 0.3) is 50.8 Å². The molecule has 0 saturated heterocycles. The van der Waals surface area contributed by atoms with Gasteiger partial charge in [0.25, 0.3) is 0 Å². The lowest BCUT2D eigenvalue weighted by atomic mass is 9.82. The molecule has 6 aromatic rings. The first-order chi connectivity index (χ1) is 18.0. The van der Waals surface area contributed by atoms with Gasteiger partial charge in [-0.1, -0.05) is 110 Å². The van der Waals surface area contributed by atoms with Crippen LogP contribution in [0, 0.1) is 6.92 Å². The van der Waals surface area contributed by atoms with Gasteiger partial charge in [0.05, 0.1) is 11.0 Å². The molecular weight excluding hydrogens is 446 g/mol. The molecule has 1 nitrogen and oxygen atoms in total. The molecule has 0 unspecified atom stereocenters. The van der Waals surface area contributed by atoms with Gasteiger partial charge in [0.15, 0.2) is 0 Å². The Balaban J connectivity index is 1.38. The Morgan fingerprint density at radius 2 is 1.24 bits per heavy atom. The molecule has 0 spiro atoms. The molecule has 0 N–H and O–H groups in total. The predicted molar refractivity (Wildman–Crippen MR) is 158 cm³/mol. The smallest absolute Gasteiger partial charge is 0.0541 e. The summed E-state index contributed by atoms with van der Waals surface area (Å²) in [7, 11) is 0. The van der Waals surface area contributed by atoms with Crippen molar-refractivity contribution < 1.29 is 0 Å². The average molecular weight is 476 g/mol. The fourth-order valence-electron chi connectivity index (χ4n) is 6.07. The number of para-hydroxylation sites is 1. The largest absolute Gasteiger partial charge is 0.309 e. The van der Waals surface area contributed by atoms with Crippen molar-refractivity contribution in [3.8, 4) is 16.8 Å². The standard InChI is InChI=1S/C36H29N/c1-24-12-14-25(15-13-24)16-17-26-18-21-35-31(22-26)30-9-5-7-11-34(30)37(35)27-19-20-29-28-8-4-6-10-32(28)36(2,3)33(29)23-27/h4-23H,1-3H3. The zero-order valence-corrected chi connectivity index (χ0v) is 21.5. The van der Waals surface area contributed by atoms with E-state index in [0.717, 1.165) is 0 Å². The topological polar surface area (TPSA) is 4.93 Å². The molecule has 0 fully saturated rings. The van der Waals surface area contributed by atoms with Crippen LogP contribution in [0.2, 0.25) is 0 Å². The van der Waals surface area contributed by atoms with Crippen LogP contribution in [0.4, 0.5) is 0 Å². The second kappa shape index (κ2) is 8.08. The summed E-state index contributed by atoms with van der Waals surface area (Å²) in [6, 6.07) is 40.1. The highest BCUT2D eigenvalue weighted by molar-refractivity contribution is 6.10. The van der Waals surface area contributed by atoms with Crippen molar-refractivity contribution in [3.05, 3.63) is 137 Å². The van der Waals surface area contributed by atoms with E-state index in [4.69, 9.17) is 0 Å². The predicted octanol–water partition coefficient (Wildman–Crippen LogP) is 9.57. The number of nitrogens with zero attached hydrogens (tertiary/aromatic N) is 1. The third-order valence-electron chi connectivity index (χ3n) is 8.07. The molecule has 1 heterocycles. The average Bonchev–Trinajstić information content (AvgIpc) is 3.37. The minimum absolute atomic E-state index is 0.0192. The van der Waals surface area contributed by atoms with E-state index >= 15 is 0 Å². The molecule has 0 amide bonds. The highest BCUT2D eigenvalue weighted by atomic mass is 15.0. The van der Waals surface area contributed by atoms with Crippen LogP contribution in [-0.2, 0) is 5.41 Å². The van der Waals surface area contributed by atoms with Crippen LogP contribution in [0.15, 0.2) is 109 Å². The number of aromatic nitrogens is 1. The molecule has 0 saturated carbocycles. The Kier molecular flexibility index (Phi) is 4.78. The van der Waals surface area contributed by atoms with Gasteiger partial charge in [0.1, 0.15) is 0 Å². The maximum atomic E-state index is 2.43. The molecular formula is C36H29N. The first-order valence-corrected chi connectivity index (χ1v) is 13.0. The molecule has 1 aromatic heterocycles. The lowest BCUT2D eigenvalue weighted by molar-refractivity contribution is 0.660. The minimum atomic E-state index is -0.0192. The van der Waals surface area contributed by atoms with Gasteiger partial charge < -0.3 is 4.57 Å². The van der Waals surface area contributed by atoms with E-state index in [2.05, 4.69) is 147 Å². The Hall–Kier alpha value is -4.36. The van der Waals surface area contributed by atoms with E-state index in [9.17, 15) is 0 Å². The van der Waals surface area contributed by atoms with Crippen molar-refractivity contribution in [2.45, 2.75) is 26.2 Å². The molecule has 178 valence electrons. The Bertz CT molecular complexity index is 1840. The third kappa shape index (κ3) is 3.38. The second-order valence-electron chi connectivity index (χ2n) is 10.8. The summed E-state index contributed by atoms with van der Waals surface area (Å²) in [4.78, 5) is 0. The van der Waals surface area contributed by atoms with Crippen molar-refractivity contribution in [3.63, 3.8) is 0 Å². The summed E-state index contributed by atoms with van der Waals surface area (Å²) in [6.07, 6.45) is 4.41. The molecule has 1 aliphatic rings. The third-order valence-corrected chi connectivity index (χ3v) is 8.07. The van der Waals surface area contributed by atoms with E-state index < -0.39 is 0 Å². The molecule has 0 aliphatic heterocycles. The molecule has 5 aromatic carbocycles. The first kappa shape index (κ1) is 21.9. The van der Waals surface area contributed by atoms with Crippen molar-refractivity contribution in [1.29, 1.82) is 0 Å². The lowest BCUT2D eigenvalue weighted by Crippen LogP contribution is -2.15. The van der Waals surface area contributed by atoms with Crippen LogP contribution in [0.5, 0.6) is 0 Å². The maximum Gasteiger partial charge on any atom is 0.0541 e. The molecule has 1 heteroatoms. The fourth-order valence-corrected chi connectivity index (χ4v) is 6.07. The number of benzene rings is 5. The van der Waals surface area contributed by atoms with Crippen molar-refractivity contribution in [2.75, 3.05) is 0 Å². The summed E-state index contributed by atoms with van der Waals surface area (Å²) in [5, 5.41) is 2.57. The Morgan fingerprint density at radius 1 is 0.568 bits per heavy atom. The first-order valence-electron chi connectivity index (χ1n) is 13.0. The highest BCUT2D eigenvalue weighted by Gasteiger charge is 2.35. The molecule has 37 heavy (non-hydrogen) atoms. The van der Waals surface area contributed by atoms with E-state index in [0.29, 0.717) is 0 Å². The monoisotopic (exact) mass is 475 g/mol. The van der Waals surface area contributed by atoms with Gasteiger partial charge in [-0.3, -0.25) is 0 Å². The summed E-state index contributed by atoms with van der Waals surface area (Å²) >= 11 is 0. The number of hydrogen-bond acceptors (Lipinski definition) is 0. The van der Waals surface area contributed by atoms with E-state index in [1.165, 1.54) is 66.4 Å². The number of fused-ring (bicyclic) bond motifs is 6. The van der Waals surface area contributed by atoms with Crippen molar-refractivity contribution >= 4 is 34.0 Å². The normalized spacial score (nSPS) is 13.9. The molecule has 0 radical (unpaired) electrons. The van der Waals surface area contributed by atoms with Crippen LogP contribution in [0.3, 0.4) is 0 Å². The SMILES string of the molecule is Cc1ccc(C=Cc2ccc3c(c2)c2ccccc2n3-c2ccc3c(c2)C(C)(C)c2ccccc2-3)cc1. The van der Waals surface area contributed by atoms with E-state index in [1.807, 2.05) is 0 Å². The Labute approximate surface area is 218 Å². The van der Waals surface area contributed by atoms with Crippen LogP contribution in [0.1, 0.15) is 41.7 Å². The molecule has 7 rings (SSSR count). The van der Waals surface area contributed by atoms with Crippen LogP contribution < -0.4 is 0 Å². The fraction of sp³-hybridized carbons (Fsp3) is 0.111. The van der Waals surface area contributed by atoms with Gasteiger partial charge in [-0.25, -0.2) is 0 Å². The minimum Gasteiger partial charge on any atom is -0.309 e. The maximum absolute atomic E-state index is 2.43. The second-order valence-corrected chi connectivity index (χ2v) is 10.8. The highest BCUT2D eigenvalue weighted by Crippen LogP contribution is 2.49. The van der Waals surface area contributed by atoms with Gasteiger partial charge in [-0.2, -0.15) is 0 Å². The van der Waals surface area contributed by atoms with Crippen LogP contribution >= 0.6 is 0 Å². The van der Waals surface area contributed by atoms with Gasteiger partial charge >= 0.3 is 0 Å².